The number of hydrogen-bond acceptors (Lipinski definition) is 7. The van der Waals surface area contributed by atoms with Crippen molar-refractivity contribution in [3.63, 3.8) is 0 Å². The van der Waals surface area contributed by atoms with Crippen LogP contribution in [0, 0.1) is 3.14 Å². The molecular formula is C10H13NS7. The van der Waals surface area contributed by atoms with Crippen LogP contribution in [0.25, 0.3) is 0 Å². The highest BCUT2D eigenvalue weighted by atomic mass is 32.2. The third kappa shape index (κ3) is 3.86. The van der Waals surface area contributed by atoms with E-state index >= 15 is 0 Å². The molecule has 0 amide bonds. The number of nitrogens with zero attached hydrogens (tertiary/aromatic N) is 1. The molecule has 0 N–H and O–H groups in total. The smallest absolute Gasteiger partial charge is 0.145 e. The topological polar surface area (TPSA) is 3.24 Å². The average molecular weight is 372 g/mol. The van der Waals surface area contributed by atoms with Crippen LogP contribution in [0.3, 0.4) is 0 Å². The Bertz CT molecular complexity index is 473. The van der Waals surface area contributed by atoms with E-state index in [0.29, 0.717) is 4.58 Å². The van der Waals surface area contributed by atoms with Gasteiger partial charge >= 0.3 is 0 Å². The van der Waals surface area contributed by atoms with E-state index in [-0.39, 0.29) is 0 Å². The Morgan fingerprint density at radius 3 is 2.67 bits per heavy atom. The van der Waals surface area contributed by atoms with Crippen molar-refractivity contribution in [3.8, 4) is 0 Å². The van der Waals surface area contributed by atoms with Gasteiger partial charge < -0.3 is 4.90 Å². The second kappa shape index (κ2) is 7.28. The van der Waals surface area contributed by atoms with E-state index < -0.39 is 0 Å². The fraction of sp³-hybridized carbons (Fsp3) is 0.600. The highest BCUT2D eigenvalue weighted by Gasteiger charge is 2.25. The van der Waals surface area contributed by atoms with Gasteiger partial charge in [0.2, 0.25) is 0 Å². The molecule has 0 aliphatic carbocycles. The summed E-state index contributed by atoms with van der Waals surface area (Å²) in [4.78, 5) is 2.25. The summed E-state index contributed by atoms with van der Waals surface area (Å²) in [6.45, 7) is 6.30. The molecule has 0 unspecified atom stereocenters. The summed E-state index contributed by atoms with van der Waals surface area (Å²) in [7, 11) is 0. The number of thiocarbonyl (C=S) groups is 1. The first-order valence-corrected chi connectivity index (χ1v) is 10.7. The molecule has 0 bridgehead atoms. The molecule has 1 aliphatic rings. The van der Waals surface area contributed by atoms with Gasteiger partial charge in [0.1, 0.15) is 7.46 Å². The Balaban J connectivity index is 1.97. The first kappa shape index (κ1) is 15.6. The average Bonchev–Trinajstić information content (AvgIpc) is 2.70. The Kier molecular flexibility index (Phi) is 6.31. The van der Waals surface area contributed by atoms with Gasteiger partial charge in [0.15, 0.2) is 0 Å². The van der Waals surface area contributed by atoms with Crippen molar-refractivity contribution in [2.45, 2.75) is 26.8 Å². The van der Waals surface area contributed by atoms with Gasteiger partial charge in [-0.1, -0.05) is 48.0 Å². The van der Waals surface area contributed by atoms with E-state index in [1.807, 2.05) is 35.3 Å². The highest BCUT2D eigenvalue weighted by Crippen LogP contribution is 2.50. The maximum atomic E-state index is 5.51. The van der Waals surface area contributed by atoms with Gasteiger partial charge in [-0.15, -0.1) is 34.4 Å². The summed E-state index contributed by atoms with van der Waals surface area (Å²) in [6, 6.07) is 0. The largest absolute Gasteiger partial charge is 0.358 e. The van der Waals surface area contributed by atoms with E-state index in [2.05, 4.69) is 18.7 Å². The SMILES string of the molecule is CCN(CC)C(=S)S[C@@H]1CSc2sc(=S)sc2S1. The van der Waals surface area contributed by atoms with Crippen LogP contribution in [-0.4, -0.2) is 32.6 Å². The molecule has 0 radical (unpaired) electrons. The summed E-state index contributed by atoms with van der Waals surface area (Å²) in [5, 5.41) is 0. The van der Waals surface area contributed by atoms with Crippen molar-refractivity contribution in [2.75, 3.05) is 18.8 Å². The predicted octanol–water partition coefficient (Wildman–Crippen LogP) is 5.42. The lowest BCUT2D eigenvalue weighted by Crippen LogP contribution is -2.28. The molecule has 100 valence electrons. The van der Waals surface area contributed by atoms with Gasteiger partial charge in [-0.3, -0.25) is 0 Å². The fourth-order valence-electron chi connectivity index (χ4n) is 1.44. The van der Waals surface area contributed by atoms with Gasteiger partial charge in [-0.25, -0.2) is 0 Å². The third-order valence-electron chi connectivity index (χ3n) is 2.36. The van der Waals surface area contributed by atoms with Crippen molar-refractivity contribution in [2.24, 2.45) is 0 Å². The standard InChI is InChI=1S/C10H13NS7/c1-3-11(4-2)9(12)16-6-5-14-7-8(15-6)18-10(13)17-7/h6H,3-5H2,1-2H3/t6-/m1/s1. The zero-order chi connectivity index (χ0) is 13.1. The van der Waals surface area contributed by atoms with E-state index in [1.165, 1.54) is 8.42 Å². The number of fused-ring (bicyclic) bond motifs is 1. The Hall–Kier alpha value is 1.21. The molecule has 8 heteroatoms. The summed E-state index contributed by atoms with van der Waals surface area (Å²) in [5.41, 5.74) is 0. The summed E-state index contributed by atoms with van der Waals surface area (Å²) in [5.74, 6) is 1.12. The normalized spacial score (nSPS) is 18.4. The van der Waals surface area contributed by atoms with E-state index in [4.69, 9.17) is 24.4 Å². The Labute approximate surface area is 139 Å². The molecular weight excluding hydrogens is 359 g/mol. The molecule has 2 heterocycles. The predicted molar refractivity (Wildman–Crippen MR) is 96.5 cm³/mol. The fourth-order valence-corrected chi connectivity index (χ4v) is 10.4. The lowest BCUT2D eigenvalue weighted by Gasteiger charge is -2.25. The molecule has 1 aromatic rings. The molecule has 0 fully saturated rings. The summed E-state index contributed by atoms with van der Waals surface area (Å²) < 4.78 is 5.38. The first-order chi connectivity index (χ1) is 8.63. The van der Waals surface area contributed by atoms with Crippen LogP contribution in [0.15, 0.2) is 8.42 Å². The third-order valence-corrected chi connectivity index (χ3v) is 10.4. The molecule has 2 rings (SSSR count). The maximum Gasteiger partial charge on any atom is 0.145 e. The zero-order valence-electron chi connectivity index (χ0n) is 10.0. The minimum atomic E-state index is 0.524. The number of rotatable bonds is 3. The van der Waals surface area contributed by atoms with Crippen LogP contribution in [-0.2, 0) is 0 Å². The van der Waals surface area contributed by atoms with Gasteiger partial charge in [0.05, 0.1) is 13.0 Å². The van der Waals surface area contributed by atoms with E-state index in [9.17, 15) is 0 Å². The summed E-state index contributed by atoms with van der Waals surface area (Å²) in [6.07, 6.45) is 0. The minimum absolute atomic E-state index is 0.524. The van der Waals surface area contributed by atoms with Gasteiger partial charge in [-0.05, 0) is 13.8 Å². The van der Waals surface area contributed by atoms with Crippen LogP contribution in [0.1, 0.15) is 13.8 Å². The molecule has 0 spiro atoms. The van der Waals surface area contributed by atoms with Gasteiger partial charge in [0.25, 0.3) is 0 Å². The zero-order valence-corrected chi connectivity index (χ0v) is 15.7. The quantitative estimate of drug-likeness (QED) is 0.648. The molecule has 1 aromatic heterocycles. The second-order valence-corrected chi connectivity index (χ2v) is 11.6. The molecule has 1 atom stereocenters. The van der Waals surface area contributed by atoms with E-state index in [0.717, 1.165) is 26.3 Å². The Morgan fingerprint density at radius 2 is 2.00 bits per heavy atom. The Morgan fingerprint density at radius 1 is 1.33 bits per heavy atom. The number of thioether (sulfide) groups is 3. The van der Waals surface area contributed by atoms with Gasteiger partial charge in [-0.2, -0.15) is 0 Å². The molecule has 0 aromatic carbocycles. The lowest BCUT2D eigenvalue weighted by atomic mass is 10.6. The van der Waals surface area contributed by atoms with E-state index in [1.54, 1.807) is 22.7 Å². The van der Waals surface area contributed by atoms with Gasteiger partial charge in [0, 0.05) is 18.8 Å². The highest BCUT2D eigenvalue weighted by molar-refractivity contribution is 8.31. The van der Waals surface area contributed by atoms with Crippen molar-refractivity contribution in [1.29, 1.82) is 0 Å². The van der Waals surface area contributed by atoms with Crippen LogP contribution >= 0.6 is 82.4 Å². The molecule has 18 heavy (non-hydrogen) atoms. The van der Waals surface area contributed by atoms with Crippen LogP contribution in [0.4, 0.5) is 0 Å². The molecule has 1 nitrogen and oxygen atoms in total. The minimum Gasteiger partial charge on any atom is -0.358 e. The van der Waals surface area contributed by atoms with Crippen molar-refractivity contribution in [1.82, 2.24) is 4.90 Å². The van der Waals surface area contributed by atoms with Crippen LogP contribution in [0.5, 0.6) is 0 Å². The maximum absolute atomic E-state index is 5.51. The lowest BCUT2D eigenvalue weighted by molar-refractivity contribution is 0.482. The molecule has 1 aliphatic heterocycles. The molecule has 0 saturated carbocycles. The van der Waals surface area contributed by atoms with Crippen molar-refractivity contribution < 1.29 is 0 Å². The summed E-state index contributed by atoms with van der Waals surface area (Å²) >= 11 is 20.0. The van der Waals surface area contributed by atoms with Crippen LogP contribution < -0.4 is 0 Å². The second-order valence-electron chi connectivity index (χ2n) is 3.44. The van der Waals surface area contributed by atoms with Crippen molar-refractivity contribution >= 4 is 86.7 Å². The van der Waals surface area contributed by atoms with Crippen molar-refractivity contribution in [3.05, 3.63) is 3.14 Å². The monoisotopic (exact) mass is 371 g/mol. The molecule has 0 saturated heterocycles. The number of hydrogen-bond donors (Lipinski definition) is 0. The first-order valence-electron chi connectivity index (χ1n) is 5.53. The van der Waals surface area contributed by atoms with Crippen LogP contribution in [0.2, 0.25) is 0 Å².